The molecule has 98 valence electrons. The Labute approximate surface area is 109 Å². The molecule has 0 fully saturated rings. The molecule has 0 bridgehead atoms. The highest BCUT2D eigenvalue weighted by Gasteiger charge is 2.21. The minimum atomic E-state index is -3.59. The molecule has 0 spiro atoms. The van der Waals surface area contributed by atoms with Crippen molar-refractivity contribution in [1.82, 2.24) is 4.72 Å². The lowest BCUT2D eigenvalue weighted by Gasteiger charge is -2.15. The number of aliphatic hydroxyl groups excluding tert-OH is 1. The first-order chi connectivity index (χ1) is 7.99. The van der Waals surface area contributed by atoms with Crippen LogP contribution in [0.5, 0.6) is 0 Å². The van der Waals surface area contributed by atoms with E-state index in [-0.39, 0.29) is 17.4 Å². The monoisotopic (exact) mass is 299 g/mol. The SMILES string of the molecule is COCC(CCO)NS(=O)(=O)c1ccc(Cl)s1. The minimum Gasteiger partial charge on any atom is -0.396 e. The Kier molecular flexibility index (Phi) is 5.84. The van der Waals surface area contributed by atoms with Gasteiger partial charge in [0.25, 0.3) is 0 Å². The standard InChI is InChI=1S/C9H14ClNO4S2/c1-15-6-7(4-5-12)11-17(13,14)9-3-2-8(10)16-9/h2-3,7,11-12H,4-6H2,1H3. The van der Waals surface area contributed by atoms with Crippen molar-refractivity contribution in [2.24, 2.45) is 0 Å². The normalized spacial score (nSPS) is 13.8. The molecule has 0 aliphatic carbocycles. The van der Waals surface area contributed by atoms with E-state index in [1.54, 1.807) is 0 Å². The van der Waals surface area contributed by atoms with E-state index in [0.29, 0.717) is 10.8 Å². The van der Waals surface area contributed by atoms with E-state index in [1.165, 1.54) is 19.2 Å². The third-order valence-electron chi connectivity index (χ3n) is 1.98. The highest BCUT2D eigenvalue weighted by atomic mass is 35.5. The van der Waals surface area contributed by atoms with Crippen molar-refractivity contribution in [2.75, 3.05) is 20.3 Å². The summed E-state index contributed by atoms with van der Waals surface area (Å²) in [6, 6.07) is 2.52. The maximum atomic E-state index is 11.9. The van der Waals surface area contributed by atoms with Crippen LogP contribution < -0.4 is 4.72 Å². The van der Waals surface area contributed by atoms with Gasteiger partial charge in [0, 0.05) is 19.8 Å². The predicted molar refractivity (Wildman–Crippen MR) is 67.0 cm³/mol. The van der Waals surface area contributed by atoms with Crippen molar-refractivity contribution in [3.05, 3.63) is 16.5 Å². The zero-order valence-corrected chi connectivity index (χ0v) is 11.6. The van der Waals surface area contributed by atoms with Gasteiger partial charge in [0.05, 0.1) is 10.9 Å². The van der Waals surface area contributed by atoms with E-state index in [9.17, 15) is 8.42 Å². The van der Waals surface area contributed by atoms with Crippen molar-refractivity contribution in [1.29, 1.82) is 0 Å². The fraction of sp³-hybridized carbons (Fsp3) is 0.556. The highest BCUT2D eigenvalue weighted by molar-refractivity contribution is 7.91. The summed E-state index contributed by atoms with van der Waals surface area (Å²) in [6.45, 7) is 0.0979. The smallest absolute Gasteiger partial charge is 0.250 e. The van der Waals surface area contributed by atoms with E-state index in [0.717, 1.165) is 11.3 Å². The van der Waals surface area contributed by atoms with Crippen LogP contribution in [0, 0.1) is 0 Å². The Balaban J connectivity index is 2.77. The number of sulfonamides is 1. The Bertz CT molecular complexity index is 440. The van der Waals surface area contributed by atoms with E-state index in [1.807, 2.05) is 0 Å². The lowest BCUT2D eigenvalue weighted by atomic mass is 10.2. The highest BCUT2D eigenvalue weighted by Crippen LogP contribution is 2.25. The number of rotatable bonds is 7. The molecule has 5 nitrogen and oxygen atoms in total. The van der Waals surface area contributed by atoms with Gasteiger partial charge in [-0.05, 0) is 18.6 Å². The molecule has 8 heteroatoms. The summed E-state index contributed by atoms with van der Waals surface area (Å²) >= 11 is 6.67. The molecule has 17 heavy (non-hydrogen) atoms. The number of hydrogen-bond acceptors (Lipinski definition) is 5. The summed E-state index contributed by atoms with van der Waals surface area (Å²) in [5.74, 6) is 0. The zero-order valence-electron chi connectivity index (χ0n) is 9.22. The molecule has 1 heterocycles. The van der Waals surface area contributed by atoms with Gasteiger partial charge >= 0.3 is 0 Å². The molecule has 1 rings (SSSR count). The van der Waals surface area contributed by atoms with Crippen molar-refractivity contribution < 1.29 is 18.3 Å². The number of halogens is 1. The number of aliphatic hydroxyl groups is 1. The van der Waals surface area contributed by atoms with Crippen LogP contribution in [0.3, 0.4) is 0 Å². The summed E-state index contributed by atoms with van der Waals surface area (Å²) in [5, 5.41) is 8.83. The molecule has 0 aliphatic rings. The minimum absolute atomic E-state index is 0.109. The van der Waals surface area contributed by atoms with E-state index >= 15 is 0 Å². The Morgan fingerprint density at radius 3 is 2.76 bits per heavy atom. The quantitative estimate of drug-likeness (QED) is 0.790. The number of thiophene rings is 1. The van der Waals surface area contributed by atoms with Gasteiger partial charge in [0.15, 0.2) is 0 Å². The first-order valence-corrected chi connectivity index (χ1v) is 7.55. The molecular formula is C9H14ClNO4S2. The van der Waals surface area contributed by atoms with Crippen molar-refractivity contribution in [3.63, 3.8) is 0 Å². The average molecular weight is 300 g/mol. The van der Waals surface area contributed by atoms with Gasteiger partial charge in [-0.3, -0.25) is 0 Å². The summed E-state index contributed by atoms with van der Waals surface area (Å²) < 4.78 is 31.7. The van der Waals surface area contributed by atoms with Crippen LogP contribution in [0.2, 0.25) is 4.34 Å². The summed E-state index contributed by atoms with van der Waals surface area (Å²) in [6.07, 6.45) is 0.298. The van der Waals surface area contributed by atoms with Crippen molar-refractivity contribution in [3.8, 4) is 0 Å². The van der Waals surface area contributed by atoms with Crippen LogP contribution in [-0.2, 0) is 14.8 Å². The molecule has 0 radical (unpaired) electrons. The largest absolute Gasteiger partial charge is 0.396 e. The maximum Gasteiger partial charge on any atom is 0.250 e. The van der Waals surface area contributed by atoms with Gasteiger partial charge in [-0.15, -0.1) is 11.3 Å². The lowest BCUT2D eigenvalue weighted by Crippen LogP contribution is -2.38. The summed E-state index contributed by atoms with van der Waals surface area (Å²) in [4.78, 5) is 0. The number of ether oxygens (including phenoxy) is 1. The van der Waals surface area contributed by atoms with Gasteiger partial charge in [0.2, 0.25) is 10.0 Å². The Morgan fingerprint density at radius 1 is 1.59 bits per heavy atom. The number of methoxy groups -OCH3 is 1. The second-order valence-corrected chi connectivity index (χ2v) is 7.00. The van der Waals surface area contributed by atoms with Crippen LogP contribution in [0.4, 0.5) is 0 Å². The third kappa shape index (κ3) is 4.53. The van der Waals surface area contributed by atoms with Gasteiger partial charge in [-0.25, -0.2) is 13.1 Å². The van der Waals surface area contributed by atoms with Crippen molar-refractivity contribution >= 4 is 33.0 Å². The number of nitrogens with one attached hydrogen (secondary N) is 1. The van der Waals surface area contributed by atoms with Gasteiger partial charge < -0.3 is 9.84 Å². The molecule has 0 amide bonds. The molecule has 1 aromatic heterocycles. The number of hydrogen-bond donors (Lipinski definition) is 2. The van der Waals surface area contributed by atoms with Crippen molar-refractivity contribution in [2.45, 2.75) is 16.7 Å². The van der Waals surface area contributed by atoms with Crippen LogP contribution in [0.1, 0.15) is 6.42 Å². The van der Waals surface area contributed by atoms with Gasteiger partial charge in [-0.2, -0.15) is 0 Å². The molecule has 0 saturated heterocycles. The second kappa shape index (κ2) is 6.67. The Hall–Kier alpha value is -0.180. The third-order valence-corrected chi connectivity index (χ3v) is 5.22. The van der Waals surface area contributed by atoms with Gasteiger partial charge in [0.1, 0.15) is 4.21 Å². The second-order valence-electron chi connectivity index (χ2n) is 3.34. The zero-order chi connectivity index (χ0) is 12.9. The van der Waals surface area contributed by atoms with Crippen LogP contribution >= 0.6 is 22.9 Å². The fourth-order valence-electron chi connectivity index (χ4n) is 1.25. The molecule has 0 saturated carbocycles. The predicted octanol–water partition coefficient (Wildman–Crippen LogP) is 1.08. The molecule has 1 aromatic rings. The van der Waals surface area contributed by atoms with E-state index < -0.39 is 16.1 Å². The molecule has 1 atom stereocenters. The summed E-state index contributed by atoms with van der Waals surface area (Å²) in [7, 11) is -2.12. The lowest BCUT2D eigenvalue weighted by molar-refractivity contribution is 0.158. The summed E-state index contributed by atoms with van der Waals surface area (Å²) in [5.41, 5.74) is 0. The van der Waals surface area contributed by atoms with Crippen LogP contribution in [0.25, 0.3) is 0 Å². The fourth-order valence-corrected chi connectivity index (χ4v) is 4.01. The van der Waals surface area contributed by atoms with Gasteiger partial charge in [-0.1, -0.05) is 11.6 Å². The molecule has 0 aromatic carbocycles. The van der Waals surface area contributed by atoms with E-state index in [2.05, 4.69) is 4.72 Å². The topological polar surface area (TPSA) is 75.6 Å². The van der Waals surface area contributed by atoms with Crippen LogP contribution in [0.15, 0.2) is 16.3 Å². The first kappa shape index (κ1) is 14.9. The van der Waals surface area contributed by atoms with Crippen LogP contribution in [-0.4, -0.2) is 39.9 Å². The maximum absolute atomic E-state index is 11.9. The molecular weight excluding hydrogens is 286 g/mol. The first-order valence-electron chi connectivity index (χ1n) is 4.87. The average Bonchev–Trinajstić information content (AvgIpc) is 2.66. The molecule has 0 aliphatic heterocycles. The molecule has 1 unspecified atom stereocenters. The molecule has 2 N–H and O–H groups in total. The Morgan fingerprint density at radius 2 is 2.29 bits per heavy atom. The van der Waals surface area contributed by atoms with E-state index in [4.69, 9.17) is 21.4 Å².